The van der Waals surface area contributed by atoms with E-state index in [1.165, 1.54) is 6.42 Å². The van der Waals surface area contributed by atoms with Gasteiger partial charge in [0.1, 0.15) is 0 Å². The van der Waals surface area contributed by atoms with Crippen LogP contribution in [0.2, 0.25) is 0 Å². The molecule has 106 valence electrons. The standard InChI is InChI=1S/C14H25N5/c1-3-13-11-18(2)7-4-8-19(13)14-16-9-12(5-6-15)10-17-14/h9-10,13H,3-8,11,15H2,1-2H3. The van der Waals surface area contributed by atoms with Gasteiger partial charge in [-0.15, -0.1) is 0 Å². The van der Waals surface area contributed by atoms with Crippen LogP contribution in [-0.4, -0.2) is 54.1 Å². The van der Waals surface area contributed by atoms with Gasteiger partial charge in [0.15, 0.2) is 0 Å². The Hall–Kier alpha value is -1.20. The minimum atomic E-state index is 0.507. The Morgan fingerprint density at radius 2 is 2.05 bits per heavy atom. The van der Waals surface area contributed by atoms with Crippen molar-refractivity contribution < 1.29 is 0 Å². The molecule has 1 unspecified atom stereocenters. The van der Waals surface area contributed by atoms with E-state index in [1.807, 2.05) is 12.4 Å². The Labute approximate surface area is 115 Å². The second-order valence-electron chi connectivity index (χ2n) is 5.30. The number of hydrogen-bond acceptors (Lipinski definition) is 5. The summed E-state index contributed by atoms with van der Waals surface area (Å²) in [6.45, 7) is 6.16. The van der Waals surface area contributed by atoms with E-state index in [4.69, 9.17) is 5.73 Å². The minimum Gasteiger partial charge on any atom is -0.337 e. The molecule has 2 heterocycles. The Kier molecular flexibility index (Phi) is 5.10. The molecule has 0 saturated carbocycles. The van der Waals surface area contributed by atoms with Crippen molar-refractivity contribution in [1.29, 1.82) is 0 Å². The summed E-state index contributed by atoms with van der Waals surface area (Å²) < 4.78 is 0. The number of likely N-dealkylation sites (N-methyl/N-ethyl adjacent to an activating group) is 1. The fourth-order valence-corrected chi connectivity index (χ4v) is 2.65. The van der Waals surface area contributed by atoms with E-state index in [2.05, 4.69) is 33.7 Å². The first kappa shape index (κ1) is 14.2. The van der Waals surface area contributed by atoms with Gasteiger partial charge in [-0.3, -0.25) is 0 Å². The van der Waals surface area contributed by atoms with Crippen molar-refractivity contribution >= 4 is 5.95 Å². The highest BCUT2D eigenvalue weighted by atomic mass is 15.3. The highest BCUT2D eigenvalue weighted by Gasteiger charge is 2.23. The predicted molar refractivity (Wildman–Crippen MR) is 78.3 cm³/mol. The van der Waals surface area contributed by atoms with Gasteiger partial charge in [-0.25, -0.2) is 9.97 Å². The zero-order chi connectivity index (χ0) is 13.7. The van der Waals surface area contributed by atoms with Crippen LogP contribution in [0.25, 0.3) is 0 Å². The average Bonchev–Trinajstić information content (AvgIpc) is 2.61. The minimum absolute atomic E-state index is 0.507. The predicted octanol–water partition coefficient (Wildman–Crippen LogP) is 0.898. The summed E-state index contributed by atoms with van der Waals surface area (Å²) in [6, 6.07) is 0.507. The van der Waals surface area contributed by atoms with Gasteiger partial charge < -0.3 is 15.5 Å². The third kappa shape index (κ3) is 3.64. The van der Waals surface area contributed by atoms with Crippen molar-refractivity contribution in [3.63, 3.8) is 0 Å². The normalized spacial score (nSPS) is 21.4. The maximum atomic E-state index is 5.55. The number of aromatic nitrogens is 2. The van der Waals surface area contributed by atoms with Crippen LogP contribution in [0.1, 0.15) is 25.3 Å². The summed E-state index contributed by atoms with van der Waals surface area (Å²) in [4.78, 5) is 13.8. The van der Waals surface area contributed by atoms with E-state index in [1.54, 1.807) is 0 Å². The van der Waals surface area contributed by atoms with Crippen molar-refractivity contribution in [1.82, 2.24) is 14.9 Å². The molecule has 19 heavy (non-hydrogen) atoms. The molecule has 0 spiro atoms. The molecular weight excluding hydrogens is 238 g/mol. The topological polar surface area (TPSA) is 58.3 Å². The number of hydrogen-bond donors (Lipinski definition) is 1. The average molecular weight is 263 g/mol. The Morgan fingerprint density at radius 1 is 1.32 bits per heavy atom. The van der Waals surface area contributed by atoms with Crippen LogP contribution in [0.3, 0.4) is 0 Å². The van der Waals surface area contributed by atoms with E-state index in [0.29, 0.717) is 12.6 Å². The molecule has 1 aromatic rings. The summed E-state index contributed by atoms with van der Waals surface area (Å²) in [7, 11) is 2.19. The summed E-state index contributed by atoms with van der Waals surface area (Å²) in [6.07, 6.45) is 6.96. The molecule has 1 aliphatic rings. The maximum absolute atomic E-state index is 5.55. The van der Waals surface area contributed by atoms with Crippen molar-refractivity contribution in [3.8, 4) is 0 Å². The summed E-state index contributed by atoms with van der Waals surface area (Å²) in [5.41, 5.74) is 6.67. The lowest BCUT2D eigenvalue weighted by atomic mass is 10.2. The third-order valence-corrected chi connectivity index (χ3v) is 3.75. The first-order valence-electron chi connectivity index (χ1n) is 7.20. The van der Waals surface area contributed by atoms with Gasteiger partial charge in [-0.05, 0) is 45.0 Å². The molecule has 5 nitrogen and oxygen atoms in total. The van der Waals surface area contributed by atoms with Crippen LogP contribution < -0.4 is 10.6 Å². The largest absolute Gasteiger partial charge is 0.337 e. The van der Waals surface area contributed by atoms with Gasteiger partial charge in [0.05, 0.1) is 0 Å². The van der Waals surface area contributed by atoms with Gasteiger partial charge in [0.25, 0.3) is 0 Å². The quantitative estimate of drug-likeness (QED) is 0.874. The fraction of sp³-hybridized carbons (Fsp3) is 0.714. The van der Waals surface area contributed by atoms with Gasteiger partial charge in [0.2, 0.25) is 5.95 Å². The molecule has 0 amide bonds. The zero-order valence-electron chi connectivity index (χ0n) is 12.0. The molecule has 1 atom stereocenters. The first-order chi connectivity index (χ1) is 9.24. The summed E-state index contributed by atoms with van der Waals surface area (Å²) >= 11 is 0. The zero-order valence-corrected chi connectivity index (χ0v) is 12.0. The molecule has 0 radical (unpaired) electrons. The van der Waals surface area contributed by atoms with Crippen molar-refractivity contribution in [2.75, 3.05) is 38.1 Å². The molecule has 0 aliphatic carbocycles. The molecule has 0 aromatic carbocycles. The second kappa shape index (κ2) is 6.82. The fourth-order valence-electron chi connectivity index (χ4n) is 2.65. The lowest BCUT2D eigenvalue weighted by molar-refractivity contribution is 0.327. The highest BCUT2D eigenvalue weighted by Crippen LogP contribution is 2.17. The van der Waals surface area contributed by atoms with Crippen LogP contribution in [0.5, 0.6) is 0 Å². The molecule has 1 saturated heterocycles. The van der Waals surface area contributed by atoms with Gasteiger partial charge in [0, 0.05) is 31.5 Å². The SMILES string of the molecule is CCC1CN(C)CCCN1c1ncc(CCN)cn1. The number of rotatable bonds is 4. The van der Waals surface area contributed by atoms with Crippen LogP contribution in [0.4, 0.5) is 5.95 Å². The van der Waals surface area contributed by atoms with Crippen LogP contribution in [-0.2, 0) is 6.42 Å². The van der Waals surface area contributed by atoms with Gasteiger partial charge in [-0.1, -0.05) is 6.92 Å². The van der Waals surface area contributed by atoms with E-state index in [9.17, 15) is 0 Å². The van der Waals surface area contributed by atoms with Crippen LogP contribution >= 0.6 is 0 Å². The molecule has 2 rings (SSSR count). The summed E-state index contributed by atoms with van der Waals surface area (Å²) in [5, 5.41) is 0. The van der Waals surface area contributed by atoms with Crippen molar-refractivity contribution in [2.24, 2.45) is 5.73 Å². The number of anilines is 1. The number of nitrogens with zero attached hydrogens (tertiary/aromatic N) is 4. The maximum Gasteiger partial charge on any atom is 0.225 e. The first-order valence-corrected chi connectivity index (χ1v) is 7.20. The Balaban J connectivity index is 2.13. The molecule has 1 aromatic heterocycles. The lowest BCUT2D eigenvalue weighted by Gasteiger charge is -2.30. The lowest BCUT2D eigenvalue weighted by Crippen LogP contribution is -2.40. The van der Waals surface area contributed by atoms with Crippen molar-refractivity contribution in [2.45, 2.75) is 32.2 Å². The van der Waals surface area contributed by atoms with Gasteiger partial charge in [-0.2, -0.15) is 0 Å². The van der Waals surface area contributed by atoms with E-state index < -0.39 is 0 Å². The molecule has 0 bridgehead atoms. The third-order valence-electron chi connectivity index (χ3n) is 3.75. The molecule has 1 aliphatic heterocycles. The monoisotopic (exact) mass is 263 g/mol. The van der Waals surface area contributed by atoms with Crippen LogP contribution in [0, 0.1) is 0 Å². The van der Waals surface area contributed by atoms with Gasteiger partial charge >= 0.3 is 0 Å². The highest BCUT2D eigenvalue weighted by molar-refractivity contribution is 5.32. The smallest absolute Gasteiger partial charge is 0.225 e. The van der Waals surface area contributed by atoms with Crippen LogP contribution in [0.15, 0.2) is 12.4 Å². The molecular formula is C14H25N5. The van der Waals surface area contributed by atoms with E-state index in [0.717, 1.165) is 44.0 Å². The molecule has 1 fully saturated rings. The molecule has 2 N–H and O–H groups in total. The van der Waals surface area contributed by atoms with E-state index >= 15 is 0 Å². The summed E-state index contributed by atoms with van der Waals surface area (Å²) in [5.74, 6) is 0.864. The molecule has 5 heteroatoms. The van der Waals surface area contributed by atoms with E-state index in [-0.39, 0.29) is 0 Å². The Bertz CT molecular complexity index is 378. The second-order valence-corrected chi connectivity index (χ2v) is 5.30. The number of nitrogens with two attached hydrogens (primary N) is 1. The van der Waals surface area contributed by atoms with Crippen molar-refractivity contribution in [3.05, 3.63) is 18.0 Å². The Morgan fingerprint density at radius 3 is 2.68 bits per heavy atom.